The van der Waals surface area contributed by atoms with Crippen LogP contribution in [-0.4, -0.2) is 37.3 Å². The predicted molar refractivity (Wildman–Crippen MR) is 58.5 cm³/mol. The Balaban J connectivity index is 2.25. The standard InChI is InChI=1S/C10H11N3O4/c14-10(17-12-15)8-2-1-3-11-9(8)13-4-6-16-7-5-13/h1-3H,4-7H2. The second-order valence-corrected chi connectivity index (χ2v) is 3.43. The number of nitrogens with zero attached hydrogens (tertiary/aromatic N) is 3. The molecule has 1 aliphatic rings. The summed E-state index contributed by atoms with van der Waals surface area (Å²) in [5, 5.41) is 2.13. The van der Waals surface area contributed by atoms with E-state index in [4.69, 9.17) is 4.74 Å². The van der Waals surface area contributed by atoms with Crippen LogP contribution in [0.5, 0.6) is 0 Å². The van der Waals surface area contributed by atoms with Gasteiger partial charge < -0.3 is 9.64 Å². The van der Waals surface area contributed by atoms with Crippen LogP contribution >= 0.6 is 0 Å². The molecule has 0 aromatic carbocycles. The Kier molecular flexibility index (Phi) is 3.61. The van der Waals surface area contributed by atoms with Crippen LogP contribution < -0.4 is 4.90 Å². The van der Waals surface area contributed by atoms with E-state index >= 15 is 0 Å². The summed E-state index contributed by atoms with van der Waals surface area (Å²) in [5.41, 5.74) is 0.231. The van der Waals surface area contributed by atoms with E-state index in [-0.39, 0.29) is 5.56 Å². The van der Waals surface area contributed by atoms with Crippen molar-refractivity contribution in [2.75, 3.05) is 31.2 Å². The lowest BCUT2D eigenvalue weighted by Crippen LogP contribution is -2.37. The topological polar surface area (TPSA) is 81.1 Å². The smallest absolute Gasteiger partial charge is 0.373 e. The molecule has 0 atom stereocenters. The van der Waals surface area contributed by atoms with E-state index in [0.29, 0.717) is 32.1 Å². The van der Waals surface area contributed by atoms with Crippen molar-refractivity contribution in [2.24, 2.45) is 5.34 Å². The molecule has 2 heterocycles. The molecule has 1 aromatic rings. The normalized spacial score (nSPS) is 15.4. The number of carbonyl (C=O) groups excluding carboxylic acids is 1. The molecule has 1 saturated heterocycles. The first kappa shape index (κ1) is 11.5. The Morgan fingerprint density at radius 3 is 2.94 bits per heavy atom. The van der Waals surface area contributed by atoms with Crippen LogP contribution in [0.25, 0.3) is 0 Å². The Labute approximate surface area is 97.3 Å². The molecule has 0 saturated carbocycles. The van der Waals surface area contributed by atoms with Gasteiger partial charge in [-0.25, -0.2) is 9.78 Å². The fourth-order valence-electron chi connectivity index (χ4n) is 1.67. The third-order valence-corrected chi connectivity index (χ3v) is 2.44. The Morgan fingerprint density at radius 1 is 1.47 bits per heavy atom. The number of hydrogen-bond acceptors (Lipinski definition) is 7. The van der Waals surface area contributed by atoms with E-state index in [9.17, 15) is 9.70 Å². The summed E-state index contributed by atoms with van der Waals surface area (Å²) in [4.78, 5) is 31.6. The van der Waals surface area contributed by atoms with Gasteiger partial charge in [-0.2, -0.15) is 0 Å². The minimum absolute atomic E-state index is 0.231. The summed E-state index contributed by atoms with van der Waals surface area (Å²) in [7, 11) is 0. The zero-order valence-corrected chi connectivity index (χ0v) is 9.04. The molecule has 0 spiro atoms. The van der Waals surface area contributed by atoms with Gasteiger partial charge in [0, 0.05) is 19.3 Å². The molecule has 0 N–H and O–H groups in total. The van der Waals surface area contributed by atoms with Crippen molar-refractivity contribution >= 4 is 11.8 Å². The highest BCUT2D eigenvalue weighted by Crippen LogP contribution is 2.19. The molecule has 1 aliphatic heterocycles. The van der Waals surface area contributed by atoms with Crippen molar-refractivity contribution in [3.05, 3.63) is 28.8 Å². The van der Waals surface area contributed by atoms with Gasteiger partial charge in [-0.05, 0) is 12.1 Å². The maximum atomic E-state index is 11.5. The summed E-state index contributed by atoms with van der Waals surface area (Å²) in [5.74, 6) is -0.306. The van der Waals surface area contributed by atoms with Crippen molar-refractivity contribution < 1.29 is 14.4 Å². The van der Waals surface area contributed by atoms with Gasteiger partial charge in [0.05, 0.1) is 13.2 Å². The van der Waals surface area contributed by atoms with E-state index in [0.717, 1.165) is 0 Å². The molecule has 1 fully saturated rings. The molecule has 0 radical (unpaired) electrons. The summed E-state index contributed by atoms with van der Waals surface area (Å²) >= 11 is 0. The van der Waals surface area contributed by atoms with Crippen LogP contribution in [0.3, 0.4) is 0 Å². The van der Waals surface area contributed by atoms with Crippen LogP contribution in [0, 0.1) is 4.91 Å². The van der Waals surface area contributed by atoms with Gasteiger partial charge in [-0.3, -0.25) is 4.84 Å². The van der Waals surface area contributed by atoms with E-state index in [2.05, 4.69) is 15.2 Å². The number of ether oxygens (including phenoxy) is 1. The summed E-state index contributed by atoms with van der Waals surface area (Å²) in [6.07, 6.45) is 1.58. The first-order valence-electron chi connectivity index (χ1n) is 5.14. The number of hydrogen-bond donors (Lipinski definition) is 0. The largest absolute Gasteiger partial charge is 0.378 e. The zero-order valence-electron chi connectivity index (χ0n) is 9.04. The highest BCUT2D eigenvalue weighted by Gasteiger charge is 2.21. The molecular formula is C10H11N3O4. The Bertz CT molecular complexity index is 418. The van der Waals surface area contributed by atoms with Crippen molar-refractivity contribution in [1.29, 1.82) is 0 Å². The van der Waals surface area contributed by atoms with E-state index < -0.39 is 5.97 Å². The molecule has 2 rings (SSSR count). The molecule has 0 amide bonds. The van der Waals surface area contributed by atoms with Crippen LogP contribution in [0.15, 0.2) is 23.7 Å². The highest BCUT2D eigenvalue weighted by molar-refractivity contribution is 5.94. The van der Waals surface area contributed by atoms with E-state index in [1.54, 1.807) is 18.3 Å². The number of rotatable bonds is 3. The molecule has 0 bridgehead atoms. The number of carbonyl (C=O) groups is 1. The van der Waals surface area contributed by atoms with E-state index in [1.165, 1.54) is 0 Å². The molecule has 0 aliphatic carbocycles. The average molecular weight is 237 g/mol. The van der Waals surface area contributed by atoms with Crippen molar-refractivity contribution in [3.8, 4) is 0 Å². The quantitative estimate of drug-likeness (QED) is 0.570. The van der Waals surface area contributed by atoms with Crippen molar-refractivity contribution in [1.82, 2.24) is 4.98 Å². The minimum atomic E-state index is -0.797. The van der Waals surface area contributed by atoms with Gasteiger partial charge in [0.2, 0.25) is 0 Å². The minimum Gasteiger partial charge on any atom is -0.378 e. The van der Waals surface area contributed by atoms with Gasteiger partial charge in [0.15, 0.2) is 5.34 Å². The summed E-state index contributed by atoms with van der Waals surface area (Å²) < 4.78 is 5.21. The molecule has 0 unspecified atom stereocenters. The zero-order chi connectivity index (χ0) is 12.1. The lowest BCUT2D eigenvalue weighted by molar-refractivity contribution is 0.0507. The maximum Gasteiger partial charge on any atom is 0.373 e. The third kappa shape index (κ3) is 2.56. The highest BCUT2D eigenvalue weighted by atomic mass is 16.7. The number of aromatic nitrogens is 1. The van der Waals surface area contributed by atoms with Crippen LogP contribution in [0.4, 0.5) is 5.82 Å². The second-order valence-electron chi connectivity index (χ2n) is 3.43. The van der Waals surface area contributed by atoms with Crippen LogP contribution in [0.2, 0.25) is 0 Å². The van der Waals surface area contributed by atoms with Gasteiger partial charge in [-0.1, -0.05) is 0 Å². The lowest BCUT2D eigenvalue weighted by Gasteiger charge is -2.28. The predicted octanol–water partition coefficient (Wildman–Crippen LogP) is 0.756. The van der Waals surface area contributed by atoms with Crippen LogP contribution in [-0.2, 0) is 9.57 Å². The van der Waals surface area contributed by atoms with Gasteiger partial charge >= 0.3 is 5.97 Å². The lowest BCUT2D eigenvalue weighted by atomic mass is 10.2. The molecule has 17 heavy (non-hydrogen) atoms. The van der Waals surface area contributed by atoms with Crippen molar-refractivity contribution in [2.45, 2.75) is 0 Å². The third-order valence-electron chi connectivity index (χ3n) is 2.44. The summed E-state index contributed by atoms with van der Waals surface area (Å²) in [6, 6.07) is 3.15. The molecular weight excluding hydrogens is 226 g/mol. The molecule has 7 nitrogen and oxygen atoms in total. The number of anilines is 1. The van der Waals surface area contributed by atoms with Gasteiger partial charge in [0.1, 0.15) is 11.4 Å². The monoisotopic (exact) mass is 237 g/mol. The second kappa shape index (κ2) is 5.35. The van der Waals surface area contributed by atoms with E-state index in [1.807, 2.05) is 4.90 Å². The first-order valence-corrected chi connectivity index (χ1v) is 5.14. The van der Waals surface area contributed by atoms with Crippen molar-refractivity contribution in [3.63, 3.8) is 0 Å². The fourth-order valence-corrected chi connectivity index (χ4v) is 1.67. The SMILES string of the molecule is O=NOC(=O)c1cccnc1N1CCOCC1. The molecule has 90 valence electrons. The number of pyridine rings is 1. The fraction of sp³-hybridized carbons (Fsp3) is 0.400. The molecule has 1 aromatic heterocycles. The Hall–Kier alpha value is -2.02. The average Bonchev–Trinajstić information content (AvgIpc) is 2.40. The van der Waals surface area contributed by atoms with Gasteiger partial charge in [0.25, 0.3) is 0 Å². The van der Waals surface area contributed by atoms with Crippen LogP contribution in [0.1, 0.15) is 10.4 Å². The first-order chi connectivity index (χ1) is 8.33. The summed E-state index contributed by atoms with van der Waals surface area (Å²) in [6.45, 7) is 2.45. The number of morpholine rings is 1. The maximum absolute atomic E-state index is 11.5. The van der Waals surface area contributed by atoms with Gasteiger partial charge in [-0.15, -0.1) is 4.91 Å². The Morgan fingerprint density at radius 2 is 2.24 bits per heavy atom. The molecule has 7 heteroatoms.